The van der Waals surface area contributed by atoms with Crippen LogP contribution in [0.15, 0.2) is 30.3 Å². The van der Waals surface area contributed by atoms with E-state index in [1.54, 1.807) is 19.1 Å². The van der Waals surface area contributed by atoms with Crippen molar-refractivity contribution in [3.8, 4) is 17.2 Å². The van der Waals surface area contributed by atoms with Crippen LogP contribution >= 0.6 is 0 Å². The second kappa shape index (κ2) is 9.92. The van der Waals surface area contributed by atoms with Crippen LogP contribution in [0.2, 0.25) is 0 Å². The van der Waals surface area contributed by atoms with Crippen LogP contribution in [0.5, 0.6) is 17.2 Å². The van der Waals surface area contributed by atoms with Crippen LogP contribution in [0.3, 0.4) is 0 Å². The number of benzene rings is 2. The lowest BCUT2D eigenvalue weighted by Crippen LogP contribution is -2.30. The minimum absolute atomic E-state index is 0.260. The average molecular weight is 393 g/mol. The van der Waals surface area contributed by atoms with Crippen molar-refractivity contribution in [2.45, 2.75) is 27.7 Å². The van der Waals surface area contributed by atoms with Crippen molar-refractivity contribution < 1.29 is 27.8 Å². The summed E-state index contributed by atoms with van der Waals surface area (Å²) in [6.45, 7) is 8.67. The third-order valence-corrected chi connectivity index (χ3v) is 3.93. The molecule has 0 saturated heterocycles. The van der Waals surface area contributed by atoms with Gasteiger partial charge in [0.25, 0.3) is 5.91 Å². The summed E-state index contributed by atoms with van der Waals surface area (Å²) in [4.78, 5) is 14.5. The molecule has 0 aromatic heterocycles. The van der Waals surface area contributed by atoms with E-state index in [-0.39, 0.29) is 12.2 Å². The number of carbonyl (C=O) groups is 1. The first-order valence-corrected chi connectivity index (χ1v) is 9.30. The monoisotopic (exact) mass is 393 g/mol. The van der Waals surface area contributed by atoms with E-state index < -0.39 is 17.5 Å². The molecule has 1 amide bonds. The molecule has 0 N–H and O–H groups in total. The molecular weight excluding hydrogens is 368 g/mol. The lowest BCUT2D eigenvalue weighted by atomic mass is 10.1. The van der Waals surface area contributed by atoms with E-state index >= 15 is 0 Å². The molecule has 0 bridgehead atoms. The summed E-state index contributed by atoms with van der Waals surface area (Å²) >= 11 is 0. The molecule has 0 atom stereocenters. The summed E-state index contributed by atoms with van der Waals surface area (Å²) in [5.74, 6) is -1.16. The van der Waals surface area contributed by atoms with Gasteiger partial charge in [-0.2, -0.15) is 0 Å². The van der Waals surface area contributed by atoms with Crippen molar-refractivity contribution in [2.75, 3.05) is 31.3 Å². The third-order valence-electron chi connectivity index (χ3n) is 3.93. The van der Waals surface area contributed by atoms with Crippen LogP contribution < -0.4 is 19.1 Å². The van der Waals surface area contributed by atoms with Gasteiger partial charge in [-0.25, -0.2) is 8.78 Å². The van der Waals surface area contributed by atoms with Crippen molar-refractivity contribution in [3.63, 3.8) is 0 Å². The van der Waals surface area contributed by atoms with Crippen molar-refractivity contribution in [1.29, 1.82) is 0 Å². The van der Waals surface area contributed by atoms with E-state index in [2.05, 4.69) is 0 Å². The molecule has 2 rings (SSSR count). The van der Waals surface area contributed by atoms with Gasteiger partial charge < -0.3 is 19.1 Å². The van der Waals surface area contributed by atoms with E-state index in [1.807, 2.05) is 20.8 Å². The van der Waals surface area contributed by atoms with Crippen molar-refractivity contribution >= 4 is 11.6 Å². The summed E-state index contributed by atoms with van der Waals surface area (Å²) in [5, 5.41) is 0. The van der Waals surface area contributed by atoms with Crippen LogP contribution in [-0.4, -0.2) is 32.3 Å². The van der Waals surface area contributed by atoms with Crippen molar-refractivity contribution in [3.05, 3.63) is 47.5 Å². The first-order chi connectivity index (χ1) is 13.5. The zero-order chi connectivity index (χ0) is 20.7. The number of hydrogen-bond acceptors (Lipinski definition) is 4. The normalized spacial score (nSPS) is 10.5. The van der Waals surface area contributed by atoms with Gasteiger partial charge in [0, 0.05) is 23.9 Å². The molecule has 0 aliphatic heterocycles. The Morgan fingerprint density at radius 3 is 1.89 bits per heavy atom. The first-order valence-electron chi connectivity index (χ1n) is 9.30. The molecule has 0 heterocycles. The van der Waals surface area contributed by atoms with Gasteiger partial charge >= 0.3 is 0 Å². The van der Waals surface area contributed by atoms with Crippen LogP contribution in [0.4, 0.5) is 14.5 Å². The van der Waals surface area contributed by atoms with Gasteiger partial charge in [-0.15, -0.1) is 0 Å². The Hall–Kier alpha value is -2.83. The Kier molecular flexibility index (Phi) is 7.61. The quantitative estimate of drug-likeness (QED) is 0.612. The molecule has 28 heavy (non-hydrogen) atoms. The van der Waals surface area contributed by atoms with Gasteiger partial charge in [0.2, 0.25) is 5.75 Å². The van der Waals surface area contributed by atoms with Crippen LogP contribution in [-0.2, 0) is 0 Å². The highest BCUT2D eigenvalue weighted by Crippen LogP contribution is 2.39. The number of anilines is 1. The molecular formula is C21H25F2NO4. The number of halogens is 2. The largest absolute Gasteiger partial charge is 0.490 e. The van der Waals surface area contributed by atoms with Gasteiger partial charge in [-0.05, 0) is 52.0 Å². The molecule has 0 saturated carbocycles. The maximum atomic E-state index is 13.6. The summed E-state index contributed by atoms with van der Waals surface area (Å²) in [6, 6.07) is 6.50. The fraction of sp³-hybridized carbons (Fsp3) is 0.381. The number of carbonyl (C=O) groups excluding carboxylic acids is 1. The molecule has 7 heteroatoms. The minimum Gasteiger partial charge on any atom is -0.490 e. The molecule has 152 valence electrons. The van der Waals surface area contributed by atoms with Gasteiger partial charge in [-0.3, -0.25) is 4.79 Å². The molecule has 0 spiro atoms. The topological polar surface area (TPSA) is 48.0 Å². The maximum Gasteiger partial charge on any atom is 0.258 e. The average Bonchev–Trinajstić information content (AvgIpc) is 2.67. The van der Waals surface area contributed by atoms with E-state index in [9.17, 15) is 13.6 Å². The number of nitrogens with zero attached hydrogens (tertiary/aromatic N) is 1. The van der Waals surface area contributed by atoms with Crippen LogP contribution in [0.1, 0.15) is 38.1 Å². The summed E-state index contributed by atoms with van der Waals surface area (Å²) in [5.41, 5.74) is 0.554. The lowest BCUT2D eigenvalue weighted by molar-refractivity contribution is 0.0987. The molecule has 0 aliphatic carbocycles. The van der Waals surface area contributed by atoms with E-state index in [0.29, 0.717) is 42.6 Å². The van der Waals surface area contributed by atoms with Gasteiger partial charge in [0.15, 0.2) is 23.1 Å². The Morgan fingerprint density at radius 1 is 0.857 bits per heavy atom. The smallest absolute Gasteiger partial charge is 0.258 e. The minimum atomic E-state index is -1.01. The molecule has 0 fully saturated rings. The van der Waals surface area contributed by atoms with Crippen LogP contribution in [0, 0.1) is 11.6 Å². The highest BCUT2D eigenvalue weighted by atomic mass is 19.2. The predicted molar refractivity (Wildman–Crippen MR) is 104 cm³/mol. The summed E-state index contributed by atoms with van der Waals surface area (Å²) in [6.07, 6.45) is 0. The maximum absolute atomic E-state index is 13.6. The second-order valence-corrected chi connectivity index (χ2v) is 5.75. The molecule has 2 aromatic carbocycles. The highest BCUT2D eigenvalue weighted by molar-refractivity contribution is 6.06. The Labute approximate surface area is 163 Å². The van der Waals surface area contributed by atoms with E-state index in [4.69, 9.17) is 14.2 Å². The van der Waals surface area contributed by atoms with Gasteiger partial charge in [-0.1, -0.05) is 0 Å². The van der Waals surface area contributed by atoms with E-state index in [0.717, 1.165) is 12.1 Å². The van der Waals surface area contributed by atoms with Gasteiger partial charge in [0.1, 0.15) is 0 Å². The fourth-order valence-corrected chi connectivity index (χ4v) is 2.76. The number of rotatable bonds is 9. The lowest BCUT2D eigenvalue weighted by Gasteiger charge is -2.23. The summed E-state index contributed by atoms with van der Waals surface area (Å²) < 4.78 is 43.8. The number of hydrogen-bond donors (Lipinski definition) is 0. The molecule has 0 aliphatic rings. The fourth-order valence-electron chi connectivity index (χ4n) is 2.76. The zero-order valence-electron chi connectivity index (χ0n) is 16.6. The molecule has 5 nitrogen and oxygen atoms in total. The predicted octanol–water partition coefficient (Wildman–Crippen LogP) is 4.83. The SMILES string of the molecule is CCOc1cc(C(=O)N(CC)c2ccc(F)c(F)c2)cc(OCC)c1OCC. The molecule has 2 aromatic rings. The second-order valence-electron chi connectivity index (χ2n) is 5.75. The standard InChI is InChI=1S/C21H25F2NO4/c1-5-24(15-9-10-16(22)17(23)13-15)21(25)14-11-18(26-6-2)20(28-8-4)19(12-14)27-7-3/h9-13H,5-8H2,1-4H3. The Bertz CT molecular complexity index is 799. The van der Waals surface area contributed by atoms with Gasteiger partial charge in [0.05, 0.1) is 19.8 Å². The van der Waals surface area contributed by atoms with Crippen molar-refractivity contribution in [2.24, 2.45) is 0 Å². The van der Waals surface area contributed by atoms with Crippen molar-refractivity contribution in [1.82, 2.24) is 0 Å². The molecule has 0 radical (unpaired) electrons. The number of amides is 1. The Morgan fingerprint density at radius 2 is 1.43 bits per heavy atom. The first kappa shape index (κ1) is 21.5. The Balaban J connectivity index is 2.50. The highest BCUT2D eigenvalue weighted by Gasteiger charge is 2.23. The molecule has 0 unspecified atom stereocenters. The zero-order valence-corrected chi connectivity index (χ0v) is 16.6. The number of ether oxygens (including phenoxy) is 3. The van der Waals surface area contributed by atoms with Crippen LogP contribution in [0.25, 0.3) is 0 Å². The third kappa shape index (κ3) is 4.71. The van der Waals surface area contributed by atoms with E-state index in [1.165, 1.54) is 11.0 Å². The summed E-state index contributed by atoms with van der Waals surface area (Å²) in [7, 11) is 0.